The van der Waals surface area contributed by atoms with Gasteiger partial charge in [0.2, 0.25) is 6.79 Å². The number of hydrogen-bond donors (Lipinski definition) is 0. The van der Waals surface area contributed by atoms with Crippen molar-refractivity contribution in [3.05, 3.63) is 40.7 Å². The second-order valence-corrected chi connectivity index (χ2v) is 6.46. The van der Waals surface area contributed by atoms with E-state index in [0.717, 1.165) is 17.9 Å². The molecule has 2 aromatic rings. The van der Waals surface area contributed by atoms with E-state index < -0.39 is 0 Å². The first-order chi connectivity index (χ1) is 11.5. The third kappa shape index (κ3) is 2.41. The molecule has 0 aliphatic carbocycles. The lowest BCUT2D eigenvalue weighted by Crippen LogP contribution is -2.26. The van der Waals surface area contributed by atoms with Crippen molar-refractivity contribution in [1.29, 1.82) is 0 Å². The quantitative estimate of drug-likeness (QED) is 0.852. The number of nitrogens with zero attached hydrogens (tertiary/aromatic N) is 4. The number of ether oxygens (including phenoxy) is 2. The number of hydrogen-bond acceptors (Lipinski definition) is 5. The van der Waals surface area contributed by atoms with E-state index >= 15 is 0 Å². The minimum absolute atomic E-state index is 0.000281. The molecule has 0 N–H and O–H groups in total. The van der Waals surface area contributed by atoms with Crippen LogP contribution in [0.5, 0.6) is 11.5 Å². The van der Waals surface area contributed by atoms with E-state index in [1.807, 2.05) is 30.7 Å². The van der Waals surface area contributed by atoms with E-state index in [9.17, 15) is 4.79 Å². The molecule has 0 saturated heterocycles. The predicted molar refractivity (Wildman–Crippen MR) is 86.7 cm³/mol. The number of benzene rings is 1. The molecular weight excluding hydrogens is 308 g/mol. The van der Waals surface area contributed by atoms with Gasteiger partial charge in [0, 0.05) is 24.7 Å². The van der Waals surface area contributed by atoms with Gasteiger partial charge in [0.15, 0.2) is 11.5 Å². The second kappa shape index (κ2) is 5.52. The lowest BCUT2D eigenvalue weighted by atomic mass is 10.1. The van der Waals surface area contributed by atoms with Crippen molar-refractivity contribution < 1.29 is 14.3 Å². The minimum Gasteiger partial charge on any atom is -0.454 e. The first kappa shape index (κ1) is 15.0. The van der Waals surface area contributed by atoms with Gasteiger partial charge < -0.3 is 19.3 Å². The molecule has 0 saturated carbocycles. The molecule has 1 aromatic heterocycles. The summed E-state index contributed by atoms with van der Waals surface area (Å²) in [7, 11) is 5.98. The molecule has 2 aliphatic rings. The average Bonchev–Trinajstić information content (AvgIpc) is 3.23. The molecule has 0 unspecified atom stereocenters. The Morgan fingerprint density at radius 2 is 2.04 bits per heavy atom. The summed E-state index contributed by atoms with van der Waals surface area (Å²) in [6.45, 7) is 2.16. The van der Waals surface area contributed by atoms with Crippen LogP contribution in [-0.4, -0.2) is 46.4 Å². The smallest absolute Gasteiger partial charge is 0.254 e. The first-order valence-corrected chi connectivity index (χ1v) is 7.90. The number of aryl methyl sites for hydroxylation is 1. The van der Waals surface area contributed by atoms with Gasteiger partial charge >= 0.3 is 0 Å². The summed E-state index contributed by atoms with van der Waals surface area (Å²) in [6.07, 6.45) is 0. The van der Waals surface area contributed by atoms with E-state index in [-0.39, 0.29) is 12.7 Å². The fraction of sp³-hybridized carbons (Fsp3) is 0.412. The summed E-state index contributed by atoms with van der Waals surface area (Å²) in [5.74, 6) is 1.32. The van der Waals surface area contributed by atoms with Crippen molar-refractivity contribution in [2.24, 2.45) is 7.05 Å². The monoisotopic (exact) mass is 328 g/mol. The molecule has 24 heavy (non-hydrogen) atoms. The third-order valence-electron chi connectivity index (χ3n) is 4.42. The Morgan fingerprint density at radius 3 is 2.83 bits per heavy atom. The molecule has 0 atom stereocenters. The van der Waals surface area contributed by atoms with Crippen LogP contribution < -0.4 is 9.47 Å². The third-order valence-corrected chi connectivity index (χ3v) is 4.42. The van der Waals surface area contributed by atoms with E-state index in [4.69, 9.17) is 9.47 Å². The Hall–Kier alpha value is -2.54. The number of fused-ring (bicyclic) bond motifs is 2. The molecule has 0 radical (unpaired) electrons. The Morgan fingerprint density at radius 1 is 1.25 bits per heavy atom. The van der Waals surface area contributed by atoms with E-state index in [2.05, 4.69) is 10.00 Å². The Kier molecular flexibility index (Phi) is 3.45. The molecule has 2 aliphatic heterocycles. The van der Waals surface area contributed by atoms with E-state index in [1.54, 1.807) is 18.2 Å². The van der Waals surface area contributed by atoms with Gasteiger partial charge in [0.1, 0.15) is 0 Å². The summed E-state index contributed by atoms with van der Waals surface area (Å²) >= 11 is 0. The van der Waals surface area contributed by atoms with Crippen molar-refractivity contribution in [3.8, 4) is 11.5 Å². The molecule has 4 rings (SSSR count). The van der Waals surface area contributed by atoms with E-state index in [1.165, 1.54) is 5.56 Å². The summed E-state index contributed by atoms with van der Waals surface area (Å²) in [5.41, 5.74) is 3.94. The number of amides is 1. The van der Waals surface area contributed by atoms with Gasteiger partial charge in [0.25, 0.3) is 5.91 Å². The standard InChI is InChI=1S/C17H20N4O3/c1-19(2)8-13-12-7-21(9-14(12)20(3)18-13)17(22)11-4-5-15-16(6-11)24-10-23-15/h4-6H,7-10H2,1-3H3. The van der Waals surface area contributed by atoms with Gasteiger partial charge in [-0.05, 0) is 32.3 Å². The summed E-state index contributed by atoms with van der Waals surface area (Å²) in [4.78, 5) is 16.8. The van der Waals surface area contributed by atoms with Crippen LogP contribution in [-0.2, 0) is 26.7 Å². The van der Waals surface area contributed by atoms with Crippen LogP contribution in [0.15, 0.2) is 18.2 Å². The number of aromatic nitrogens is 2. The van der Waals surface area contributed by atoms with Gasteiger partial charge in [-0.15, -0.1) is 0 Å². The number of rotatable bonds is 3. The molecular formula is C17H20N4O3. The normalized spacial score (nSPS) is 15.2. The highest BCUT2D eigenvalue weighted by Gasteiger charge is 2.31. The zero-order chi connectivity index (χ0) is 16.8. The van der Waals surface area contributed by atoms with Crippen molar-refractivity contribution in [1.82, 2.24) is 19.6 Å². The maximum absolute atomic E-state index is 12.8. The topological polar surface area (TPSA) is 59.8 Å². The number of carbonyl (C=O) groups excluding carboxylic acids is 1. The van der Waals surface area contributed by atoms with Crippen LogP contribution in [0, 0.1) is 0 Å². The van der Waals surface area contributed by atoms with Crippen LogP contribution in [0.2, 0.25) is 0 Å². The van der Waals surface area contributed by atoms with Gasteiger partial charge in [0.05, 0.1) is 24.5 Å². The van der Waals surface area contributed by atoms with Crippen LogP contribution in [0.4, 0.5) is 0 Å². The van der Waals surface area contributed by atoms with Gasteiger partial charge in [-0.25, -0.2) is 0 Å². The van der Waals surface area contributed by atoms with Crippen LogP contribution >= 0.6 is 0 Å². The van der Waals surface area contributed by atoms with Crippen LogP contribution in [0.1, 0.15) is 27.3 Å². The van der Waals surface area contributed by atoms with Gasteiger partial charge in [-0.3, -0.25) is 9.48 Å². The largest absolute Gasteiger partial charge is 0.454 e. The molecule has 3 heterocycles. The molecule has 126 valence electrons. The maximum Gasteiger partial charge on any atom is 0.254 e. The van der Waals surface area contributed by atoms with Gasteiger partial charge in [-0.1, -0.05) is 0 Å². The van der Waals surface area contributed by atoms with Gasteiger partial charge in [-0.2, -0.15) is 5.10 Å². The van der Waals surface area contributed by atoms with Crippen LogP contribution in [0.3, 0.4) is 0 Å². The molecule has 1 aromatic carbocycles. The summed E-state index contributed by atoms with van der Waals surface area (Å²) in [5, 5.41) is 4.59. The summed E-state index contributed by atoms with van der Waals surface area (Å²) < 4.78 is 12.6. The maximum atomic E-state index is 12.8. The lowest BCUT2D eigenvalue weighted by Gasteiger charge is -2.17. The highest BCUT2D eigenvalue weighted by molar-refractivity contribution is 5.95. The molecule has 7 nitrogen and oxygen atoms in total. The predicted octanol–water partition coefficient (Wildman–Crippen LogP) is 1.37. The lowest BCUT2D eigenvalue weighted by molar-refractivity contribution is 0.0747. The molecule has 0 spiro atoms. The number of carbonyl (C=O) groups is 1. The summed E-state index contributed by atoms with van der Waals surface area (Å²) in [6, 6.07) is 5.34. The van der Waals surface area contributed by atoms with Crippen molar-refractivity contribution >= 4 is 5.91 Å². The minimum atomic E-state index is 0.000281. The fourth-order valence-electron chi connectivity index (χ4n) is 3.25. The van der Waals surface area contributed by atoms with E-state index in [0.29, 0.717) is 30.2 Å². The zero-order valence-electron chi connectivity index (χ0n) is 14.1. The molecule has 0 fully saturated rings. The Balaban J connectivity index is 1.57. The highest BCUT2D eigenvalue weighted by Crippen LogP contribution is 2.34. The first-order valence-electron chi connectivity index (χ1n) is 7.90. The fourth-order valence-corrected chi connectivity index (χ4v) is 3.25. The highest BCUT2D eigenvalue weighted by atomic mass is 16.7. The van der Waals surface area contributed by atoms with Crippen molar-refractivity contribution in [2.45, 2.75) is 19.6 Å². The Bertz CT molecular complexity index is 812. The van der Waals surface area contributed by atoms with Crippen LogP contribution in [0.25, 0.3) is 0 Å². The molecule has 1 amide bonds. The molecule has 7 heteroatoms. The van der Waals surface area contributed by atoms with Crippen molar-refractivity contribution in [2.75, 3.05) is 20.9 Å². The zero-order valence-corrected chi connectivity index (χ0v) is 14.1. The molecule has 0 bridgehead atoms. The second-order valence-electron chi connectivity index (χ2n) is 6.46. The Labute approximate surface area is 140 Å². The van der Waals surface area contributed by atoms with Crippen molar-refractivity contribution in [3.63, 3.8) is 0 Å². The SMILES string of the molecule is CN(C)Cc1nn(C)c2c1CN(C(=O)c1ccc3c(c1)OCO3)C2. The average molecular weight is 328 g/mol.